The fraction of sp³-hybridized carbons (Fsp3) is 0.588. The number of nitrogens with one attached hydrogen (secondary N) is 1. The maximum Gasteiger partial charge on any atom is 0.224 e. The smallest absolute Gasteiger partial charge is 0.224 e. The summed E-state index contributed by atoms with van der Waals surface area (Å²) in [5.41, 5.74) is 0.976. The van der Waals surface area contributed by atoms with Crippen LogP contribution in [0.25, 0.3) is 0 Å². The van der Waals surface area contributed by atoms with Crippen LogP contribution >= 0.6 is 0 Å². The molecule has 2 fully saturated rings. The van der Waals surface area contributed by atoms with Gasteiger partial charge < -0.3 is 14.8 Å². The van der Waals surface area contributed by atoms with Crippen molar-refractivity contribution in [2.24, 2.45) is 0 Å². The van der Waals surface area contributed by atoms with Gasteiger partial charge in [-0.15, -0.1) is 0 Å². The van der Waals surface area contributed by atoms with E-state index in [-0.39, 0.29) is 11.9 Å². The SMILES string of the molecule is COc1cccc(CC(=O)N[C@H]2C[C@H]3CO[C@H](C)CN3C2)c1. The highest BCUT2D eigenvalue weighted by Crippen LogP contribution is 2.23. The van der Waals surface area contributed by atoms with E-state index in [0.717, 1.165) is 37.4 Å². The molecule has 1 N–H and O–H groups in total. The minimum Gasteiger partial charge on any atom is -0.497 e. The molecule has 0 aliphatic carbocycles. The number of morpholine rings is 1. The van der Waals surface area contributed by atoms with Gasteiger partial charge in [-0.25, -0.2) is 0 Å². The topological polar surface area (TPSA) is 50.8 Å². The van der Waals surface area contributed by atoms with Crippen LogP contribution in [0, 0.1) is 0 Å². The number of methoxy groups -OCH3 is 1. The summed E-state index contributed by atoms with van der Waals surface area (Å²) in [6.07, 6.45) is 1.67. The molecular weight excluding hydrogens is 280 g/mol. The second-order valence-corrected chi connectivity index (χ2v) is 6.28. The van der Waals surface area contributed by atoms with Gasteiger partial charge in [0, 0.05) is 25.2 Å². The van der Waals surface area contributed by atoms with Gasteiger partial charge in [0.25, 0.3) is 0 Å². The normalized spacial score (nSPS) is 28.2. The van der Waals surface area contributed by atoms with Gasteiger partial charge in [0.1, 0.15) is 5.75 Å². The van der Waals surface area contributed by atoms with Gasteiger partial charge >= 0.3 is 0 Å². The van der Waals surface area contributed by atoms with Gasteiger partial charge in [-0.2, -0.15) is 0 Å². The molecule has 1 aromatic carbocycles. The quantitative estimate of drug-likeness (QED) is 0.908. The third-order valence-corrected chi connectivity index (χ3v) is 4.46. The molecule has 2 aliphatic heterocycles. The summed E-state index contributed by atoms with van der Waals surface area (Å²) in [5.74, 6) is 0.863. The first-order valence-electron chi connectivity index (χ1n) is 7.92. The average Bonchev–Trinajstić information content (AvgIpc) is 2.88. The number of amides is 1. The number of nitrogens with zero attached hydrogens (tertiary/aromatic N) is 1. The van der Waals surface area contributed by atoms with Gasteiger partial charge in [0.05, 0.1) is 26.2 Å². The molecule has 0 spiro atoms. The Morgan fingerprint density at radius 3 is 3.14 bits per heavy atom. The Labute approximate surface area is 131 Å². The molecule has 0 saturated carbocycles. The predicted octanol–water partition coefficient (Wildman–Crippen LogP) is 1.22. The molecule has 3 rings (SSSR count). The Kier molecular flexibility index (Phi) is 4.64. The van der Waals surface area contributed by atoms with Crippen LogP contribution in [-0.2, 0) is 16.0 Å². The molecular formula is C17H24N2O3. The molecule has 3 atom stereocenters. The van der Waals surface area contributed by atoms with E-state index in [0.29, 0.717) is 18.6 Å². The van der Waals surface area contributed by atoms with Crippen LogP contribution in [0.2, 0.25) is 0 Å². The Bertz CT molecular complexity index is 534. The van der Waals surface area contributed by atoms with E-state index in [9.17, 15) is 4.79 Å². The van der Waals surface area contributed by atoms with E-state index in [2.05, 4.69) is 17.1 Å². The number of rotatable bonds is 4. The third-order valence-electron chi connectivity index (χ3n) is 4.46. The fourth-order valence-corrected chi connectivity index (χ4v) is 3.39. The first kappa shape index (κ1) is 15.3. The second kappa shape index (κ2) is 6.67. The summed E-state index contributed by atoms with van der Waals surface area (Å²) in [6, 6.07) is 8.35. The molecule has 5 heteroatoms. The number of carbonyl (C=O) groups is 1. The van der Waals surface area contributed by atoms with Crippen molar-refractivity contribution in [2.45, 2.75) is 38.0 Å². The third kappa shape index (κ3) is 3.59. The van der Waals surface area contributed by atoms with Crippen LogP contribution in [0.3, 0.4) is 0 Å². The molecule has 1 amide bonds. The Hall–Kier alpha value is -1.59. The predicted molar refractivity (Wildman–Crippen MR) is 84.0 cm³/mol. The molecule has 0 bridgehead atoms. The highest BCUT2D eigenvalue weighted by atomic mass is 16.5. The summed E-state index contributed by atoms with van der Waals surface area (Å²) < 4.78 is 10.9. The van der Waals surface area contributed by atoms with Crippen LogP contribution in [-0.4, -0.2) is 55.8 Å². The minimum absolute atomic E-state index is 0.0760. The summed E-state index contributed by atoms with van der Waals surface area (Å²) in [7, 11) is 1.64. The standard InChI is InChI=1S/C17H24N2O3/c1-12-9-19-10-14(8-15(19)11-22-12)18-17(20)7-13-4-3-5-16(6-13)21-2/h3-6,12,14-15H,7-11H2,1-2H3,(H,18,20)/t12-,14+,15+/m1/s1. The summed E-state index contributed by atoms with van der Waals surface area (Å²) in [5, 5.41) is 3.16. The van der Waals surface area contributed by atoms with Gasteiger partial charge in [0.15, 0.2) is 0 Å². The van der Waals surface area contributed by atoms with E-state index in [1.54, 1.807) is 7.11 Å². The largest absolute Gasteiger partial charge is 0.497 e. The molecule has 0 aromatic heterocycles. The summed E-state index contributed by atoms with van der Waals surface area (Å²) in [4.78, 5) is 14.7. The van der Waals surface area contributed by atoms with Crippen LogP contribution in [0.4, 0.5) is 0 Å². The lowest BCUT2D eigenvalue weighted by Gasteiger charge is -2.33. The Morgan fingerprint density at radius 2 is 2.32 bits per heavy atom. The van der Waals surface area contributed by atoms with Crippen LogP contribution in [0.5, 0.6) is 5.75 Å². The van der Waals surface area contributed by atoms with Crippen molar-refractivity contribution >= 4 is 5.91 Å². The number of carbonyl (C=O) groups excluding carboxylic acids is 1. The second-order valence-electron chi connectivity index (χ2n) is 6.28. The molecule has 5 nitrogen and oxygen atoms in total. The molecule has 2 heterocycles. The van der Waals surface area contributed by atoms with Crippen molar-refractivity contribution in [3.8, 4) is 5.75 Å². The van der Waals surface area contributed by atoms with Crippen LogP contribution < -0.4 is 10.1 Å². The van der Waals surface area contributed by atoms with E-state index in [4.69, 9.17) is 9.47 Å². The maximum atomic E-state index is 12.2. The molecule has 0 radical (unpaired) electrons. The van der Waals surface area contributed by atoms with Gasteiger partial charge in [-0.1, -0.05) is 12.1 Å². The van der Waals surface area contributed by atoms with E-state index >= 15 is 0 Å². The van der Waals surface area contributed by atoms with E-state index in [1.165, 1.54) is 0 Å². The Morgan fingerprint density at radius 1 is 1.45 bits per heavy atom. The zero-order valence-corrected chi connectivity index (χ0v) is 13.2. The van der Waals surface area contributed by atoms with Gasteiger partial charge in [0.2, 0.25) is 5.91 Å². The fourth-order valence-electron chi connectivity index (χ4n) is 3.39. The summed E-state index contributed by atoms with van der Waals surface area (Å²) in [6.45, 7) is 4.78. The number of ether oxygens (including phenoxy) is 2. The maximum absolute atomic E-state index is 12.2. The number of hydrogen-bond acceptors (Lipinski definition) is 4. The van der Waals surface area contributed by atoms with Crippen molar-refractivity contribution in [3.05, 3.63) is 29.8 Å². The van der Waals surface area contributed by atoms with Crippen molar-refractivity contribution < 1.29 is 14.3 Å². The van der Waals surface area contributed by atoms with Gasteiger partial charge in [-0.05, 0) is 31.0 Å². The number of hydrogen-bond donors (Lipinski definition) is 1. The number of fused-ring (bicyclic) bond motifs is 1. The minimum atomic E-state index is 0.0760. The lowest BCUT2D eigenvalue weighted by atomic mass is 10.1. The average molecular weight is 304 g/mol. The Balaban J connectivity index is 1.52. The van der Waals surface area contributed by atoms with Gasteiger partial charge in [-0.3, -0.25) is 9.69 Å². The highest BCUT2D eigenvalue weighted by Gasteiger charge is 2.36. The first-order chi connectivity index (χ1) is 10.6. The molecule has 2 aliphatic rings. The van der Waals surface area contributed by atoms with E-state index < -0.39 is 0 Å². The zero-order chi connectivity index (χ0) is 15.5. The van der Waals surface area contributed by atoms with Crippen molar-refractivity contribution in [3.63, 3.8) is 0 Å². The van der Waals surface area contributed by atoms with Crippen molar-refractivity contribution in [1.29, 1.82) is 0 Å². The molecule has 0 unspecified atom stereocenters. The van der Waals surface area contributed by atoms with E-state index in [1.807, 2.05) is 24.3 Å². The number of benzene rings is 1. The highest BCUT2D eigenvalue weighted by molar-refractivity contribution is 5.79. The molecule has 120 valence electrons. The molecule has 1 aromatic rings. The van der Waals surface area contributed by atoms with Crippen molar-refractivity contribution in [2.75, 3.05) is 26.8 Å². The lowest BCUT2D eigenvalue weighted by molar-refractivity contribution is -0.121. The van der Waals surface area contributed by atoms with Crippen molar-refractivity contribution in [1.82, 2.24) is 10.2 Å². The monoisotopic (exact) mass is 304 g/mol. The molecule has 22 heavy (non-hydrogen) atoms. The first-order valence-corrected chi connectivity index (χ1v) is 7.92. The zero-order valence-electron chi connectivity index (χ0n) is 13.2. The lowest BCUT2D eigenvalue weighted by Crippen LogP contribution is -2.45. The van der Waals surface area contributed by atoms with Crippen LogP contribution in [0.1, 0.15) is 18.9 Å². The molecule has 2 saturated heterocycles. The summed E-state index contributed by atoms with van der Waals surface area (Å²) >= 11 is 0. The van der Waals surface area contributed by atoms with Crippen LogP contribution in [0.15, 0.2) is 24.3 Å².